The van der Waals surface area contributed by atoms with Gasteiger partial charge in [0.1, 0.15) is 0 Å². The van der Waals surface area contributed by atoms with E-state index in [1.54, 1.807) is 0 Å². The molecule has 0 aromatic heterocycles. The summed E-state index contributed by atoms with van der Waals surface area (Å²) in [5.74, 6) is -0.418. The Labute approximate surface area is 115 Å². The lowest BCUT2D eigenvalue weighted by atomic mass is 10.0. The van der Waals surface area contributed by atoms with Crippen LogP contribution in [-0.4, -0.2) is 29.9 Å². The quantitative estimate of drug-likeness (QED) is 0.908. The number of likely N-dealkylation sites (tertiary alicyclic amines) is 1. The van der Waals surface area contributed by atoms with Crippen molar-refractivity contribution in [2.75, 3.05) is 13.1 Å². The van der Waals surface area contributed by atoms with Crippen molar-refractivity contribution in [1.29, 1.82) is 0 Å². The Hall–Kier alpha value is -1.56. The fourth-order valence-electron chi connectivity index (χ4n) is 2.49. The Balaban J connectivity index is 2.23. The lowest BCUT2D eigenvalue weighted by Crippen LogP contribution is -2.33. The highest BCUT2D eigenvalue weighted by atomic mass is 19.4. The van der Waals surface area contributed by atoms with Gasteiger partial charge in [0.25, 0.3) is 5.91 Å². The van der Waals surface area contributed by atoms with Gasteiger partial charge in [-0.05, 0) is 31.4 Å². The molecular formula is C14H17F3N2O. The first-order valence-corrected chi connectivity index (χ1v) is 6.51. The Bertz CT molecular complexity index is 499. The van der Waals surface area contributed by atoms with Crippen LogP contribution < -0.4 is 5.73 Å². The zero-order valence-electron chi connectivity index (χ0n) is 11.2. The molecule has 110 valence electrons. The smallest absolute Gasteiger partial charge is 0.338 e. The van der Waals surface area contributed by atoms with Crippen LogP contribution in [0.4, 0.5) is 13.2 Å². The van der Waals surface area contributed by atoms with E-state index in [-0.39, 0.29) is 17.5 Å². The normalized spacial score (nSPS) is 21.1. The van der Waals surface area contributed by atoms with Crippen LogP contribution in [0.1, 0.15) is 29.3 Å². The first-order chi connectivity index (χ1) is 9.30. The summed E-state index contributed by atoms with van der Waals surface area (Å²) in [4.78, 5) is 13.7. The van der Waals surface area contributed by atoms with E-state index in [2.05, 4.69) is 0 Å². The van der Waals surface area contributed by atoms with Crippen molar-refractivity contribution in [2.45, 2.75) is 25.6 Å². The molecule has 1 fully saturated rings. The molecule has 2 N–H and O–H groups in total. The minimum atomic E-state index is -4.52. The van der Waals surface area contributed by atoms with Crippen molar-refractivity contribution in [1.82, 2.24) is 4.90 Å². The van der Waals surface area contributed by atoms with Gasteiger partial charge < -0.3 is 10.6 Å². The predicted molar refractivity (Wildman–Crippen MR) is 69.1 cm³/mol. The third-order valence-electron chi connectivity index (χ3n) is 3.72. The number of hydrogen-bond acceptors (Lipinski definition) is 2. The third kappa shape index (κ3) is 2.95. The molecule has 6 heteroatoms. The van der Waals surface area contributed by atoms with Crippen molar-refractivity contribution >= 4 is 5.91 Å². The number of carbonyl (C=O) groups excluding carboxylic acids is 1. The lowest BCUT2D eigenvalue weighted by molar-refractivity contribution is -0.138. The maximum absolute atomic E-state index is 12.9. The summed E-state index contributed by atoms with van der Waals surface area (Å²) in [7, 11) is 0. The van der Waals surface area contributed by atoms with E-state index < -0.39 is 17.6 Å². The van der Waals surface area contributed by atoms with Crippen molar-refractivity contribution in [3.8, 4) is 0 Å². The van der Waals surface area contributed by atoms with E-state index in [1.807, 2.05) is 6.92 Å². The maximum atomic E-state index is 12.9. The molecule has 0 saturated carbocycles. The number of hydrogen-bond donors (Lipinski definition) is 1. The van der Waals surface area contributed by atoms with Crippen LogP contribution in [0.3, 0.4) is 0 Å². The molecule has 1 aromatic rings. The van der Waals surface area contributed by atoms with Crippen LogP contribution >= 0.6 is 0 Å². The van der Waals surface area contributed by atoms with Gasteiger partial charge in [-0.1, -0.05) is 12.1 Å². The van der Waals surface area contributed by atoms with E-state index in [1.165, 1.54) is 23.1 Å². The molecule has 1 saturated heterocycles. The minimum Gasteiger partial charge on any atom is -0.338 e. The van der Waals surface area contributed by atoms with Crippen LogP contribution in [-0.2, 0) is 6.18 Å². The zero-order valence-corrected chi connectivity index (χ0v) is 11.2. The van der Waals surface area contributed by atoms with Gasteiger partial charge in [-0.25, -0.2) is 0 Å². The first kappa shape index (κ1) is 14.8. The minimum absolute atomic E-state index is 0.0642. The van der Waals surface area contributed by atoms with E-state index in [4.69, 9.17) is 5.73 Å². The Morgan fingerprint density at radius 3 is 2.60 bits per heavy atom. The number of alkyl halides is 3. The van der Waals surface area contributed by atoms with Crippen LogP contribution in [0.2, 0.25) is 0 Å². The highest BCUT2D eigenvalue weighted by Crippen LogP contribution is 2.33. The molecule has 20 heavy (non-hydrogen) atoms. The topological polar surface area (TPSA) is 46.3 Å². The second kappa shape index (κ2) is 5.44. The van der Waals surface area contributed by atoms with Gasteiger partial charge in [0.2, 0.25) is 0 Å². The molecule has 2 rings (SSSR count). The third-order valence-corrected chi connectivity index (χ3v) is 3.72. The van der Waals surface area contributed by atoms with Crippen LogP contribution in [0.5, 0.6) is 0 Å². The summed E-state index contributed by atoms with van der Waals surface area (Å²) in [6.45, 7) is 2.72. The SMILES string of the molecule is CC(N)C1CCN(C(=O)c2ccccc2C(F)(F)F)C1. The second-order valence-corrected chi connectivity index (χ2v) is 5.20. The van der Waals surface area contributed by atoms with Crippen molar-refractivity contribution in [3.63, 3.8) is 0 Å². The molecule has 1 heterocycles. The van der Waals surface area contributed by atoms with E-state index >= 15 is 0 Å². The second-order valence-electron chi connectivity index (χ2n) is 5.20. The number of rotatable bonds is 2. The van der Waals surface area contributed by atoms with E-state index in [0.29, 0.717) is 13.1 Å². The number of amides is 1. The molecule has 0 spiro atoms. The molecule has 1 aliphatic heterocycles. The standard InChI is InChI=1S/C14H17F3N2O/c1-9(18)10-6-7-19(8-10)13(20)11-4-2-3-5-12(11)14(15,16)17/h2-5,9-10H,6-8,18H2,1H3. The van der Waals surface area contributed by atoms with Crippen LogP contribution in [0.25, 0.3) is 0 Å². The molecule has 1 amide bonds. The highest BCUT2D eigenvalue weighted by Gasteiger charge is 2.37. The highest BCUT2D eigenvalue weighted by molar-refractivity contribution is 5.96. The largest absolute Gasteiger partial charge is 0.417 e. The van der Waals surface area contributed by atoms with Gasteiger partial charge in [-0.2, -0.15) is 13.2 Å². The summed E-state index contributed by atoms with van der Waals surface area (Å²) < 4.78 is 38.7. The van der Waals surface area contributed by atoms with Crippen LogP contribution in [0, 0.1) is 5.92 Å². The zero-order chi connectivity index (χ0) is 14.9. The fraction of sp³-hybridized carbons (Fsp3) is 0.500. The Kier molecular flexibility index (Phi) is 4.04. The molecule has 1 aliphatic rings. The molecule has 0 bridgehead atoms. The van der Waals surface area contributed by atoms with Gasteiger partial charge in [0.15, 0.2) is 0 Å². The Morgan fingerprint density at radius 2 is 2.05 bits per heavy atom. The number of halogens is 3. The number of nitrogens with two attached hydrogens (primary N) is 1. The van der Waals surface area contributed by atoms with Crippen molar-refractivity contribution in [2.24, 2.45) is 11.7 Å². The van der Waals surface area contributed by atoms with Crippen LogP contribution in [0.15, 0.2) is 24.3 Å². The van der Waals surface area contributed by atoms with E-state index in [0.717, 1.165) is 12.5 Å². The number of carbonyl (C=O) groups is 1. The summed E-state index contributed by atoms with van der Waals surface area (Å²) in [6, 6.07) is 4.83. The molecule has 0 aliphatic carbocycles. The van der Waals surface area contributed by atoms with Gasteiger partial charge in [-0.15, -0.1) is 0 Å². The average Bonchev–Trinajstić information content (AvgIpc) is 2.86. The fourth-order valence-corrected chi connectivity index (χ4v) is 2.49. The first-order valence-electron chi connectivity index (χ1n) is 6.51. The average molecular weight is 286 g/mol. The van der Waals surface area contributed by atoms with Gasteiger partial charge in [0, 0.05) is 19.1 Å². The monoisotopic (exact) mass is 286 g/mol. The molecule has 3 nitrogen and oxygen atoms in total. The lowest BCUT2D eigenvalue weighted by Gasteiger charge is -2.20. The van der Waals surface area contributed by atoms with Crippen molar-refractivity contribution in [3.05, 3.63) is 35.4 Å². The maximum Gasteiger partial charge on any atom is 0.417 e. The number of benzene rings is 1. The molecule has 2 atom stereocenters. The molecule has 1 aromatic carbocycles. The number of nitrogens with zero attached hydrogens (tertiary/aromatic N) is 1. The summed E-state index contributed by atoms with van der Waals surface area (Å²) in [5, 5.41) is 0. The van der Waals surface area contributed by atoms with Crippen molar-refractivity contribution < 1.29 is 18.0 Å². The Morgan fingerprint density at radius 1 is 1.40 bits per heavy atom. The summed E-state index contributed by atoms with van der Waals surface area (Å²) >= 11 is 0. The molecular weight excluding hydrogens is 269 g/mol. The van der Waals surface area contributed by atoms with Gasteiger partial charge >= 0.3 is 6.18 Å². The summed E-state index contributed by atoms with van der Waals surface area (Å²) in [6.07, 6.45) is -3.79. The van der Waals surface area contributed by atoms with E-state index in [9.17, 15) is 18.0 Å². The predicted octanol–water partition coefficient (Wildman–Crippen LogP) is 2.51. The van der Waals surface area contributed by atoms with Gasteiger partial charge in [-0.3, -0.25) is 4.79 Å². The summed E-state index contributed by atoms with van der Waals surface area (Å²) in [5.41, 5.74) is 4.61. The molecule has 0 radical (unpaired) electrons. The van der Waals surface area contributed by atoms with Gasteiger partial charge in [0.05, 0.1) is 11.1 Å². The molecule has 2 unspecified atom stereocenters.